The number of phosphoric acid groups is 1. The third-order valence-electron chi connectivity index (χ3n) is 7.90. The Bertz CT molecular complexity index is 723. The number of amides is 1. The normalized spacial score (nSPS) is 13.7. The Labute approximate surface area is 265 Å². The summed E-state index contributed by atoms with van der Waals surface area (Å²) in [6.45, 7) is 4.03. The smallest absolute Gasteiger partial charge is 0.387 e. The Morgan fingerprint density at radius 1 is 0.651 bits per heavy atom. The van der Waals surface area contributed by atoms with Gasteiger partial charge in [-0.15, -0.1) is 0 Å². The van der Waals surface area contributed by atoms with Gasteiger partial charge in [-0.1, -0.05) is 147 Å². The molecular formula is C35H68NO6P. The van der Waals surface area contributed by atoms with Gasteiger partial charge in [-0.3, -0.25) is 9.32 Å². The average Bonchev–Trinajstić information content (AvgIpc) is 2.97. The number of hydrogen-bond acceptors (Lipinski definition) is 4. The van der Waals surface area contributed by atoms with Gasteiger partial charge in [0.05, 0.1) is 18.8 Å². The molecule has 0 aromatic rings. The molecule has 0 heterocycles. The maximum absolute atomic E-state index is 12.5. The van der Waals surface area contributed by atoms with Crippen LogP contribution >= 0.6 is 7.82 Å². The summed E-state index contributed by atoms with van der Waals surface area (Å²) in [7, 11) is -4.71. The monoisotopic (exact) mass is 629 g/mol. The first-order valence-electron chi connectivity index (χ1n) is 17.8. The number of phosphoric ester groups is 1. The topological polar surface area (TPSA) is 116 Å². The summed E-state index contributed by atoms with van der Waals surface area (Å²) in [5.74, 6) is -0.237. The van der Waals surface area contributed by atoms with Crippen molar-refractivity contribution in [1.82, 2.24) is 5.32 Å². The maximum Gasteiger partial charge on any atom is 0.469 e. The summed E-state index contributed by atoms with van der Waals surface area (Å²) in [5.41, 5.74) is 0. The van der Waals surface area contributed by atoms with Gasteiger partial charge in [0.1, 0.15) is 0 Å². The fourth-order valence-corrected chi connectivity index (χ4v) is 5.51. The van der Waals surface area contributed by atoms with Gasteiger partial charge < -0.3 is 20.2 Å². The first-order valence-corrected chi connectivity index (χ1v) is 19.3. The van der Waals surface area contributed by atoms with Crippen molar-refractivity contribution in [2.45, 2.75) is 187 Å². The van der Waals surface area contributed by atoms with E-state index in [9.17, 15) is 14.5 Å². The number of carbonyl (C=O) groups excluding carboxylic acids is 1. The van der Waals surface area contributed by atoms with Crippen molar-refractivity contribution in [1.29, 1.82) is 0 Å². The van der Waals surface area contributed by atoms with Gasteiger partial charge in [-0.25, -0.2) is 4.57 Å². The quantitative estimate of drug-likeness (QED) is 0.0334. The molecule has 8 heteroatoms. The minimum absolute atomic E-state index is 0.237. The second-order valence-corrected chi connectivity index (χ2v) is 13.4. The third kappa shape index (κ3) is 32.2. The van der Waals surface area contributed by atoms with Crippen molar-refractivity contribution < 1.29 is 28.8 Å². The highest BCUT2D eigenvalue weighted by Gasteiger charge is 2.24. The van der Waals surface area contributed by atoms with Gasteiger partial charge in [0.25, 0.3) is 0 Å². The summed E-state index contributed by atoms with van der Waals surface area (Å²) >= 11 is 0. The Hall–Kier alpha value is -0.980. The molecule has 2 atom stereocenters. The number of aliphatic hydroxyl groups excluding tert-OH is 1. The molecule has 0 unspecified atom stereocenters. The number of hydrogen-bond donors (Lipinski definition) is 4. The Morgan fingerprint density at radius 2 is 1.05 bits per heavy atom. The number of aliphatic hydroxyl groups is 1. The Kier molecular flexibility index (Phi) is 30.3. The van der Waals surface area contributed by atoms with Gasteiger partial charge in [0.15, 0.2) is 0 Å². The summed E-state index contributed by atoms with van der Waals surface area (Å²) in [6.07, 6.45) is 36.2. The minimum Gasteiger partial charge on any atom is -0.387 e. The SMILES string of the molecule is CCCCCCCC/C=C\CCCCCCCC(=O)N[C@@H](COP(=O)(O)O)[C@H](O)/C=C/CCCCCCCCCCCC. The van der Waals surface area contributed by atoms with Crippen LogP contribution in [0, 0.1) is 0 Å². The van der Waals surface area contributed by atoms with Gasteiger partial charge in [0.2, 0.25) is 5.91 Å². The second-order valence-electron chi connectivity index (χ2n) is 12.2. The lowest BCUT2D eigenvalue weighted by molar-refractivity contribution is -0.123. The molecule has 0 aromatic carbocycles. The van der Waals surface area contributed by atoms with Gasteiger partial charge >= 0.3 is 7.82 Å². The number of carbonyl (C=O) groups is 1. The van der Waals surface area contributed by atoms with Crippen LogP contribution < -0.4 is 5.32 Å². The molecule has 0 bridgehead atoms. The van der Waals surface area contributed by atoms with Crippen LogP contribution in [0.25, 0.3) is 0 Å². The number of nitrogens with one attached hydrogen (secondary N) is 1. The molecule has 0 aliphatic rings. The number of rotatable bonds is 32. The van der Waals surface area contributed by atoms with Crippen molar-refractivity contribution in [2.24, 2.45) is 0 Å². The van der Waals surface area contributed by atoms with Crippen LogP contribution in [0.4, 0.5) is 0 Å². The van der Waals surface area contributed by atoms with Gasteiger partial charge in [-0.2, -0.15) is 0 Å². The summed E-state index contributed by atoms with van der Waals surface area (Å²) in [5, 5.41) is 13.3. The van der Waals surface area contributed by atoms with E-state index < -0.39 is 26.6 Å². The molecule has 0 aliphatic heterocycles. The van der Waals surface area contributed by atoms with E-state index in [0.29, 0.717) is 6.42 Å². The third-order valence-corrected chi connectivity index (χ3v) is 8.39. The number of unbranched alkanes of at least 4 members (excludes halogenated alkanes) is 21. The molecule has 0 spiro atoms. The molecule has 4 N–H and O–H groups in total. The van der Waals surface area contributed by atoms with E-state index in [1.54, 1.807) is 6.08 Å². The van der Waals surface area contributed by atoms with Gasteiger partial charge in [-0.05, 0) is 44.9 Å². The fourth-order valence-electron chi connectivity index (χ4n) is 5.16. The van der Waals surface area contributed by atoms with Crippen molar-refractivity contribution in [3.63, 3.8) is 0 Å². The summed E-state index contributed by atoms with van der Waals surface area (Å²) in [6, 6.07) is -0.910. The highest BCUT2D eigenvalue weighted by Crippen LogP contribution is 2.35. The molecule has 0 aromatic heterocycles. The van der Waals surface area contributed by atoms with E-state index in [4.69, 9.17) is 9.79 Å². The highest BCUT2D eigenvalue weighted by molar-refractivity contribution is 7.46. The van der Waals surface area contributed by atoms with Crippen LogP contribution in [-0.4, -0.2) is 39.6 Å². The molecule has 0 saturated carbocycles. The van der Waals surface area contributed by atoms with E-state index in [1.807, 2.05) is 6.08 Å². The van der Waals surface area contributed by atoms with Crippen LogP contribution in [0.1, 0.15) is 174 Å². The zero-order valence-corrected chi connectivity index (χ0v) is 28.8. The van der Waals surface area contributed by atoms with E-state index in [-0.39, 0.29) is 5.91 Å². The first-order chi connectivity index (χ1) is 20.8. The summed E-state index contributed by atoms with van der Waals surface area (Å²) < 4.78 is 15.8. The van der Waals surface area contributed by atoms with E-state index >= 15 is 0 Å². The van der Waals surface area contributed by atoms with Crippen molar-refractivity contribution in [3.8, 4) is 0 Å². The van der Waals surface area contributed by atoms with Crippen molar-refractivity contribution in [3.05, 3.63) is 24.3 Å². The minimum atomic E-state index is -4.71. The molecule has 7 nitrogen and oxygen atoms in total. The molecule has 0 radical (unpaired) electrons. The molecule has 0 rings (SSSR count). The van der Waals surface area contributed by atoms with Crippen LogP contribution in [0.2, 0.25) is 0 Å². The zero-order chi connectivity index (χ0) is 31.9. The zero-order valence-electron chi connectivity index (χ0n) is 27.9. The molecule has 0 fully saturated rings. The molecule has 254 valence electrons. The lowest BCUT2D eigenvalue weighted by atomic mass is 10.1. The molecular weight excluding hydrogens is 561 g/mol. The lowest BCUT2D eigenvalue weighted by Gasteiger charge is -2.22. The van der Waals surface area contributed by atoms with E-state index in [1.165, 1.54) is 103 Å². The highest BCUT2D eigenvalue weighted by atomic mass is 31.2. The van der Waals surface area contributed by atoms with Gasteiger partial charge in [0, 0.05) is 6.42 Å². The largest absolute Gasteiger partial charge is 0.469 e. The average molecular weight is 630 g/mol. The predicted molar refractivity (Wildman–Crippen MR) is 181 cm³/mol. The molecule has 0 saturated heterocycles. The van der Waals surface area contributed by atoms with E-state index in [0.717, 1.165) is 51.4 Å². The Balaban J connectivity index is 4.09. The van der Waals surface area contributed by atoms with E-state index in [2.05, 4.69) is 35.8 Å². The first kappa shape index (κ1) is 42.0. The second kappa shape index (κ2) is 31.0. The lowest BCUT2D eigenvalue weighted by Crippen LogP contribution is -2.45. The van der Waals surface area contributed by atoms with Crippen LogP contribution in [0.15, 0.2) is 24.3 Å². The summed E-state index contributed by atoms with van der Waals surface area (Å²) in [4.78, 5) is 30.7. The van der Waals surface area contributed by atoms with Crippen LogP contribution in [-0.2, 0) is 13.9 Å². The fraction of sp³-hybridized carbons (Fsp3) is 0.857. The molecule has 0 aliphatic carbocycles. The van der Waals surface area contributed by atoms with Crippen molar-refractivity contribution >= 4 is 13.7 Å². The van der Waals surface area contributed by atoms with Crippen LogP contribution in [0.5, 0.6) is 0 Å². The Morgan fingerprint density at radius 3 is 1.49 bits per heavy atom. The molecule has 43 heavy (non-hydrogen) atoms. The van der Waals surface area contributed by atoms with Crippen LogP contribution in [0.3, 0.4) is 0 Å². The predicted octanol–water partition coefficient (Wildman–Crippen LogP) is 9.85. The standard InChI is InChI=1S/C35H68NO6P/c1-3-5-7-9-11-13-15-17-18-19-21-23-25-27-29-31-35(38)36-33(32-42-43(39,40)41)34(37)30-28-26-24-22-20-16-14-12-10-8-6-4-2/h17-18,28,30,33-34,37H,3-16,19-27,29,31-32H2,1-2H3,(H,36,38)(H2,39,40,41)/b18-17-,30-28+/t33-,34+/m0/s1. The van der Waals surface area contributed by atoms with Crippen molar-refractivity contribution in [2.75, 3.05) is 6.61 Å². The maximum atomic E-state index is 12.5. The molecule has 1 amide bonds. The number of allylic oxidation sites excluding steroid dienone is 3.